The van der Waals surface area contributed by atoms with Gasteiger partial charge in [-0.05, 0) is 17.3 Å². The third-order valence-electron chi connectivity index (χ3n) is 3.75. The van der Waals surface area contributed by atoms with Crippen LogP contribution in [0, 0.1) is 17.3 Å². The lowest BCUT2D eigenvalue weighted by molar-refractivity contribution is 0.141. The molecule has 0 heterocycles. The molecule has 74 valence electrons. The predicted molar refractivity (Wildman–Crippen MR) is 57.3 cm³/mol. The summed E-state index contributed by atoms with van der Waals surface area (Å²) in [5.74, 6) is 1.65. The Morgan fingerprint density at radius 1 is 1.08 bits per heavy atom. The van der Waals surface area contributed by atoms with Crippen molar-refractivity contribution >= 4 is 0 Å². The van der Waals surface area contributed by atoms with Crippen molar-refractivity contribution in [3.63, 3.8) is 0 Å². The molecule has 1 atom stereocenters. The van der Waals surface area contributed by atoms with E-state index >= 15 is 0 Å². The molecular formula is C12H26. The Kier molecular flexibility index (Phi) is 4.89. The predicted octanol–water partition coefficient (Wildman–Crippen LogP) is 4.49. The Labute approximate surface area is 78.8 Å². The van der Waals surface area contributed by atoms with Crippen molar-refractivity contribution < 1.29 is 0 Å². The van der Waals surface area contributed by atoms with Crippen molar-refractivity contribution in [2.24, 2.45) is 17.3 Å². The maximum absolute atomic E-state index is 2.40. The average Bonchev–Trinajstić information content (AvgIpc) is 1.99. The lowest BCUT2D eigenvalue weighted by atomic mass is 9.70. The van der Waals surface area contributed by atoms with E-state index in [-0.39, 0.29) is 0 Å². The summed E-state index contributed by atoms with van der Waals surface area (Å²) in [5.41, 5.74) is 0.509. The molecule has 0 amide bonds. The van der Waals surface area contributed by atoms with Gasteiger partial charge in [-0.2, -0.15) is 0 Å². The van der Waals surface area contributed by atoms with Gasteiger partial charge < -0.3 is 0 Å². The molecular weight excluding hydrogens is 144 g/mol. The zero-order valence-electron chi connectivity index (χ0n) is 9.78. The highest BCUT2D eigenvalue weighted by molar-refractivity contribution is 4.78. The third-order valence-corrected chi connectivity index (χ3v) is 3.75. The van der Waals surface area contributed by atoms with Crippen molar-refractivity contribution in [3.05, 3.63) is 0 Å². The van der Waals surface area contributed by atoms with Gasteiger partial charge in [-0.15, -0.1) is 0 Å². The molecule has 0 saturated carbocycles. The molecule has 0 aliphatic heterocycles. The van der Waals surface area contributed by atoms with Crippen LogP contribution in [0.5, 0.6) is 0 Å². The van der Waals surface area contributed by atoms with E-state index in [2.05, 4.69) is 41.5 Å². The molecule has 0 heteroatoms. The van der Waals surface area contributed by atoms with Crippen LogP contribution in [-0.4, -0.2) is 0 Å². The van der Waals surface area contributed by atoms with Crippen LogP contribution in [0.2, 0.25) is 0 Å². The lowest BCUT2D eigenvalue weighted by Crippen LogP contribution is -2.27. The maximum atomic E-state index is 2.40. The first-order chi connectivity index (χ1) is 5.42. The fraction of sp³-hybridized carbons (Fsp3) is 1.00. The number of hydrogen-bond donors (Lipinski definition) is 0. The second kappa shape index (κ2) is 4.89. The summed E-state index contributed by atoms with van der Waals surface area (Å²) in [4.78, 5) is 0. The van der Waals surface area contributed by atoms with Crippen LogP contribution in [-0.2, 0) is 0 Å². The van der Waals surface area contributed by atoms with Crippen molar-refractivity contribution in [3.8, 4) is 0 Å². The van der Waals surface area contributed by atoms with Crippen molar-refractivity contribution in [2.75, 3.05) is 0 Å². The van der Waals surface area contributed by atoms with E-state index in [1.165, 1.54) is 19.3 Å². The molecule has 1 unspecified atom stereocenters. The van der Waals surface area contributed by atoms with Gasteiger partial charge in [0.2, 0.25) is 0 Å². The van der Waals surface area contributed by atoms with E-state index in [1.807, 2.05) is 0 Å². The average molecular weight is 170 g/mol. The van der Waals surface area contributed by atoms with Crippen LogP contribution in [0.15, 0.2) is 0 Å². The van der Waals surface area contributed by atoms with Crippen molar-refractivity contribution in [2.45, 2.75) is 60.8 Å². The van der Waals surface area contributed by atoms with Crippen LogP contribution in [0.1, 0.15) is 60.8 Å². The van der Waals surface area contributed by atoms with E-state index in [9.17, 15) is 0 Å². The minimum absolute atomic E-state index is 0.509. The Morgan fingerprint density at radius 3 is 1.92 bits per heavy atom. The summed E-state index contributed by atoms with van der Waals surface area (Å²) < 4.78 is 0. The van der Waals surface area contributed by atoms with E-state index in [4.69, 9.17) is 0 Å². The maximum Gasteiger partial charge on any atom is -0.0305 e. The van der Waals surface area contributed by atoms with Gasteiger partial charge in [-0.3, -0.25) is 0 Å². The van der Waals surface area contributed by atoms with E-state index in [0.29, 0.717) is 5.41 Å². The molecule has 0 saturated heterocycles. The standard InChI is InChI=1S/C12H26/c1-7-8-9-11(4)12(5,6)10(2)3/h10-11H,7-9H2,1-6H3. The highest BCUT2D eigenvalue weighted by Gasteiger charge is 2.28. The summed E-state index contributed by atoms with van der Waals surface area (Å²) in [5, 5.41) is 0. The van der Waals surface area contributed by atoms with Gasteiger partial charge in [-0.1, -0.05) is 60.8 Å². The molecule has 0 aliphatic rings. The first-order valence-electron chi connectivity index (χ1n) is 5.42. The first-order valence-corrected chi connectivity index (χ1v) is 5.42. The summed E-state index contributed by atoms with van der Waals surface area (Å²) in [7, 11) is 0. The zero-order valence-corrected chi connectivity index (χ0v) is 9.78. The van der Waals surface area contributed by atoms with Crippen LogP contribution >= 0.6 is 0 Å². The summed E-state index contributed by atoms with van der Waals surface area (Å²) >= 11 is 0. The fourth-order valence-corrected chi connectivity index (χ4v) is 1.45. The fourth-order valence-electron chi connectivity index (χ4n) is 1.45. The van der Waals surface area contributed by atoms with E-state index in [0.717, 1.165) is 11.8 Å². The largest absolute Gasteiger partial charge is 0.0654 e. The summed E-state index contributed by atoms with van der Waals surface area (Å²) in [6.07, 6.45) is 4.11. The van der Waals surface area contributed by atoms with Gasteiger partial charge in [0.05, 0.1) is 0 Å². The second-order valence-electron chi connectivity index (χ2n) is 5.02. The molecule has 0 aromatic rings. The van der Waals surface area contributed by atoms with Gasteiger partial charge in [-0.25, -0.2) is 0 Å². The molecule has 0 fully saturated rings. The number of hydrogen-bond acceptors (Lipinski definition) is 0. The summed E-state index contributed by atoms with van der Waals surface area (Å²) in [6.45, 7) is 14.1. The van der Waals surface area contributed by atoms with Gasteiger partial charge >= 0.3 is 0 Å². The van der Waals surface area contributed by atoms with Crippen LogP contribution in [0.4, 0.5) is 0 Å². The second-order valence-corrected chi connectivity index (χ2v) is 5.02. The molecule has 0 aromatic carbocycles. The molecule has 0 rings (SSSR count). The zero-order chi connectivity index (χ0) is 9.78. The minimum atomic E-state index is 0.509. The summed E-state index contributed by atoms with van der Waals surface area (Å²) in [6, 6.07) is 0. The molecule has 12 heavy (non-hydrogen) atoms. The Balaban J connectivity index is 3.97. The van der Waals surface area contributed by atoms with Gasteiger partial charge in [0.25, 0.3) is 0 Å². The minimum Gasteiger partial charge on any atom is -0.0654 e. The number of rotatable bonds is 5. The Morgan fingerprint density at radius 2 is 1.58 bits per heavy atom. The van der Waals surface area contributed by atoms with Crippen LogP contribution in [0.25, 0.3) is 0 Å². The van der Waals surface area contributed by atoms with Gasteiger partial charge in [0.1, 0.15) is 0 Å². The monoisotopic (exact) mass is 170 g/mol. The smallest absolute Gasteiger partial charge is 0.0305 e. The molecule has 0 aromatic heterocycles. The molecule has 0 radical (unpaired) electrons. The quantitative estimate of drug-likeness (QED) is 0.570. The highest BCUT2D eigenvalue weighted by atomic mass is 14.3. The van der Waals surface area contributed by atoms with Crippen LogP contribution in [0.3, 0.4) is 0 Å². The van der Waals surface area contributed by atoms with Crippen molar-refractivity contribution in [1.82, 2.24) is 0 Å². The SMILES string of the molecule is CCCCC(C)C(C)(C)C(C)C. The molecule has 0 nitrogen and oxygen atoms in total. The normalized spacial score (nSPS) is 15.2. The molecule has 0 bridgehead atoms. The highest BCUT2D eigenvalue weighted by Crippen LogP contribution is 2.37. The number of unbranched alkanes of at least 4 members (excludes halogenated alkanes) is 1. The Hall–Kier alpha value is 0. The van der Waals surface area contributed by atoms with Crippen LogP contribution < -0.4 is 0 Å². The van der Waals surface area contributed by atoms with E-state index in [1.54, 1.807) is 0 Å². The molecule has 0 spiro atoms. The van der Waals surface area contributed by atoms with Gasteiger partial charge in [0, 0.05) is 0 Å². The topological polar surface area (TPSA) is 0 Å². The van der Waals surface area contributed by atoms with E-state index < -0.39 is 0 Å². The van der Waals surface area contributed by atoms with Crippen molar-refractivity contribution in [1.29, 1.82) is 0 Å². The lowest BCUT2D eigenvalue weighted by Gasteiger charge is -2.36. The molecule has 0 N–H and O–H groups in total. The Bertz CT molecular complexity index is 111. The first kappa shape index (κ1) is 12.0. The molecule has 0 aliphatic carbocycles. The van der Waals surface area contributed by atoms with Gasteiger partial charge in [0.15, 0.2) is 0 Å². The third kappa shape index (κ3) is 3.16.